The zero-order chi connectivity index (χ0) is 18.2. The summed E-state index contributed by atoms with van der Waals surface area (Å²) in [4.78, 5) is 15.1. The minimum Gasteiger partial charge on any atom is -0.496 e. The summed E-state index contributed by atoms with van der Waals surface area (Å²) in [6, 6.07) is 27.7. The predicted octanol–water partition coefficient (Wildman–Crippen LogP) is 4.58. The normalized spacial score (nSPS) is 10.3. The maximum Gasteiger partial charge on any atom is 0.257 e. The molecule has 0 N–H and O–H groups in total. The van der Waals surface area contributed by atoms with E-state index >= 15 is 0 Å². The topological polar surface area (TPSA) is 29.5 Å². The van der Waals surface area contributed by atoms with Crippen molar-refractivity contribution in [2.75, 3.05) is 13.7 Å². The van der Waals surface area contributed by atoms with Gasteiger partial charge in [-0.3, -0.25) is 4.79 Å². The van der Waals surface area contributed by atoms with Crippen molar-refractivity contribution >= 4 is 5.91 Å². The number of hydrogen-bond donors (Lipinski definition) is 0. The Morgan fingerprint density at radius 3 is 2.04 bits per heavy atom. The van der Waals surface area contributed by atoms with Gasteiger partial charge in [-0.05, 0) is 29.7 Å². The third kappa shape index (κ3) is 4.51. The minimum absolute atomic E-state index is 0.0118. The molecule has 0 aliphatic carbocycles. The molecule has 0 fully saturated rings. The summed E-state index contributed by atoms with van der Waals surface area (Å²) in [7, 11) is 1.59. The Hall–Kier alpha value is -3.07. The fourth-order valence-electron chi connectivity index (χ4n) is 2.96. The highest BCUT2D eigenvalue weighted by Crippen LogP contribution is 2.21. The minimum atomic E-state index is -0.0118. The van der Waals surface area contributed by atoms with Gasteiger partial charge in [-0.15, -0.1) is 0 Å². The van der Waals surface area contributed by atoms with Crippen LogP contribution in [0.4, 0.5) is 0 Å². The third-order valence-electron chi connectivity index (χ3n) is 4.35. The molecule has 0 heterocycles. The smallest absolute Gasteiger partial charge is 0.257 e. The lowest BCUT2D eigenvalue weighted by Gasteiger charge is -2.24. The Kier molecular flexibility index (Phi) is 6.05. The van der Waals surface area contributed by atoms with E-state index in [0.29, 0.717) is 24.4 Å². The molecule has 0 bridgehead atoms. The molecular weight excluding hydrogens is 322 g/mol. The number of hydrogen-bond acceptors (Lipinski definition) is 2. The SMILES string of the molecule is COc1ccccc1C(=O)N(CCc1ccccc1)Cc1ccccc1. The summed E-state index contributed by atoms with van der Waals surface area (Å²) < 4.78 is 5.38. The molecular formula is C23H23NO2. The van der Waals surface area contributed by atoms with Gasteiger partial charge in [-0.1, -0.05) is 72.8 Å². The van der Waals surface area contributed by atoms with Gasteiger partial charge < -0.3 is 9.64 Å². The lowest BCUT2D eigenvalue weighted by atomic mass is 10.1. The number of amides is 1. The van der Waals surface area contributed by atoms with Crippen LogP contribution in [0.25, 0.3) is 0 Å². The molecule has 0 aromatic heterocycles. The van der Waals surface area contributed by atoms with E-state index in [1.165, 1.54) is 5.56 Å². The Morgan fingerprint density at radius 1 is 0.808 bits per heavy atom. The lowest BCUT2D eigenvalue weighted by molar-refractivity contribution is 0.0741. The molecule has 0 aliphatic heterocycles. The maximum atomic E-state index is 13.2. The van der Waals surface area contributed by atoms with Crippen LogP contribution in [-0.4, -0.2) is 24.5 Å². The van der Waals surface area contributed by atoms with Crippen LogP contribution >= 0.6 is 0 Å². The second kappa shape index (κ2) is 8.86. The highest BCUT2D eigenvalue weighted by atomic mass is 16.5. The molecule has 0 unspecified atom stereocenters. The van der Waals surface area contributed by atoms with E-state index in [1.807, 2.05) is 77.7 Å². The summed E-state index contributed by atoms with van der Waals surface area (Å²) >= 11 is 0. The molecule has 3 aromatic carbocycles. The first-order valence-corrected chi connectivity index (χ1v) is 8.78. The molecule has 26 heavy (non-hydrogen) atoms. The number of methoxy groups -OCH3 is 1. The Morgan fingerprint density at radius 2 is 1.38 bits per heavy atom. The van der Waals surface area contributed by atoms with Crippen molar-refractivity contribution in [1.29, 1.82) is 0 Å². The van der Waals surface area contributed by atoms with Gasteiger partial charge in [-0.2, -0.15) is 0 Å². The predicted molar refractivity (Wildman–Crippen MR) is 104 cm³/mol. The van der Waals surface area contributed by atoms with Crippen molar-refractivity contribution in [3.05, 3.63) is 102 Å². The van der Waals surface area contributed by atoms with Crippen molar-refractivity contribution in [2.24, 2.45) is 0 Å². The molecule has 0 radical (unpaired) electrons. The van der Waals surface area contributed by atoms with Crippen molar-refractivity contribution < 1.29 is 9.53 Å². The van der Waals surface area contributed by atoms with Gasteiger partial charge in [0.25, 0.3) is 5.91 Å². The van der Waals surface area contributed by atoms with E-state index in [0.717, 1.165) is 12.0 Å². The summed E-state index contributed by atoms with van der Waals surface area (Å²) in [5.74, 6) is 0.595. The number of para-hydroxylation sites is 1. The number of rotatable bonds is 7. The molecule has 3 rings (SSSR count). The quantitative estimate of drug-likeness (QED) is 0.627. The van der Waals surface area contributed by atoms with E-state index in [9.17, 15) is 4.79 Å². The Bertz CT molecular complexity index is 831. The van der Waals surface area contributed by atoms with Gasteiger partial charge in [0.05, 0.1) is 12.7 Å². The Balaban J connectivity index is 1.82. The number of carbonyl (C=O) groups is 1. The van der Waals surface area contributed by atoms with Gasteiger partial charge in [0, 0.05) is 13.1 Å². The number of carbonyl (C=O) groups excluding carboxylic acids is 1. The summed E-state index contributed by atoms with van der Waals surface area (Å²) in [5, 5.41) is 0. The van der Waals surface area contributed by atoms with Crippen LogP contribution in [0.1, 0.15) is 21.5 Å². The number of nitrogens with zero attached hydrogens (tertiary/aromatic N) is 1. The third-order valence-corrected chi connectivity index (χ3v) is 4.35. The summed E-state index contributed by atoms with van der Waals surface area (Å²) in [6.07, 6.45) is 0.814. The highest BCUT2D eigenvalue weighted by Gasteiger charge is 2.19. The molecule has 0 aliphatic rings. The van der Waals surface area contributed by atoms with E-state index < -0.39 is 0 Å². The molecule has 0 saturated heterocycles. The molecule has 132 valence electrons. The van der Waals surface area contributed by atoms with E-state index in [4.69, 9.17) is 4.74 Å². The van der Waals surface area contributed by atoms with Gasteiger partial charge in [-0.25, -0.2) is 0 Å². The number of ether oxygens (including phenoxy) is 1. The van der Waals surface area contributed by atoms with Crippen molar-refractivity contribution in [1.82, 2.24) is 4.90 Å². The average Bonchev–Trinajstić information content (AvgIpc) is 2.72. The van der Waals surface area contributed by atoms with Gasteiger partial charge in [0.1, 0.15) is 5.75 Å². The molecule has 3 heteroatoms. The molecule has 0 atom stereocenters. The van der Waals surface area contributed by atoms with Crippen molar-refractivity contribution in [3.8, 4) is 5.75 Å². The second-order valence-electron chi connectivity index (χ2n) is 6.15. The maximum absolute atomic E-state index is 13.2. The van der Waals surface area contributed by atoms with Gasteiger partial charge in [0.15, 0.2) is 0 Å². The summed E-state index contributed by atoms with van der Waals surface area (Å²) in [6.45, 7) is 1.22. The monoisotopic (exact) mass is 345 g/mol. The average molecular weight is 345 g/mol. The van der Waals surface area contributed by atoms with Crippen LogP contribution in [0.3, 0.4) is 0 Å². The van der Waals surface area contributed by atoms with Crippen LogP contribution in [0.15, 0.2) is 84.9 Å². The van der Waals surface area contributed by atoms with Crippen molar-refractivity contribution in [3.63, 3.8) is 0 Å². The molecule has 1 amide bonds. The zero-order valence-corrected chi connectivity index (χ0v) is 15.0. The number of benzene rings is 3. The fraction of sp³-hybridized carbons (Fsp3) is 0.174. The fourth-order valence-corrected chi connectivity index (χ4v) is 2.96. The first-order chi connectivity index (χ1) is 12.8. The standard InChI is InChI=1S/C23H23NO2/c1-26-22-15-9-8-14-21(22)23(25)24(18-20-12-6-3-7-13-20)17-16-19-10-4-2-5-11-19/h2-15H,16-18H2,1H3. The second-order valence-corrected chi connectivity index (χ2v) is 6.15. The largest absolute Gasteiger partial charge is 0.496 e. The molecule has 3 nitrogen and oxygen atoms in total. The first kappa shape index (κ1) is 17.7. The van der Waals surface area contributed by atoms with E-state index in [-0.39, 0.29) is 5.91 Å². The van der Waals surface area contributed by atoms with Crippen molar-refractivity contribution in [2.45, 2.75) is 13.0 Å². The summed E-state index contributed by atoms with van der Waals surface area (Å²) in [5.41, 5.74) is 2.93. The van der Waals surface area contributed by atoms with E-state index in [1.54, 1.807) is 7.11 Å². The Labute approximate surface area is 154 Å². The van der Waals surface area contributed by atoms with Crippen LogP contribution in [0.2, 0.25) is 0 Å². The first-order valence-electron chi connectivity index (χ1n) is 8.78. The van der Waals surface area contributed by atoms with Gasteiger partial charge >= 0.3 is 0 Å². The zero-order valence-electron chi connectivity index (χ0n) is 15.0. The van der Waals surface area contributed by atoms with E-state index in [2.05, 4.69) is 12.1 Å². The van der Waals surface area contributed by atoms with Crippen LogP contribution in [0, 0.1) is 0 Å². The van der Waals surface area contributed by atoms with Gasteiger partial charge in [0.2, 0.25) is 0 Å². The van der Waals surface area contributed by atoms with Crippen LogP contribution < -0.4 is 4.74 Å². The molecule has 3 aromatic rings. The molecule has 0 spiro atoms. The molecule has 0 saturated carbocycles. The highest BCUT2D eigenvalue weighted by molar-refractivity contribution is 5.96. The van der Waals surface area contributed by atoms with Crippen LogP contribution in [0.5, 0.6) is 5.75 Å². The van der Waals surface area contributed by atoms with Crippen LogP contribution in [-0.2, 0) is 13.0 Å². The lowest BCUT2D eigenvalue weighted by Crippen LogP contribution is -2.32.